The number of rotatable bonds is 4. The van der Waals surface area contributed by atoms with Crippen LogP contribution in [0.15, 0.2) is 48.7 Å². The maximum Gasteiger partial charge on any atom is 0.143 e. The molecule has 2 aromatic heterocycles. The summed E-state index contributed by atoms with van der Waals surface area (Å²) in [4.78, 5) is 8.83. The zero-order valence-corrected chi connectivity index (χ0v) is 22.9. The second-order valence-electron chi connectivity index (χ2n) is 9.55. The van der Waals surface area contributed by atoms with Gasteiger partial charge in [-0.25, -0.2) is 4.98 Å². The summed E-state index contributed by atoms with van der Waals surface area (Å²) in [6.07, 6.45) is 7.04. The molecule has 2 fully saturated rings. The van der Waals surface area contributed by atoms with Crippen molar-refractivity contribution in [1.82, 2.24) is 9.97 Å². The maximum absolute atomic E-state index is 10.5. The molecule has 5 rings (SSSR count). The van der Waals surface area contributed by atoms with E-state index in [1.807, 2.05) is 36.4 Å². The predicted octanol–water partition coefficient (Wildman–Crippen LogP) is 6.18. The number of hydrogen-bond donors (Lipinski definition) is 2. The van der Waals surface area contributed by atoms with Crippen LogP contribution >= 0.6 is 11.3 Å². The van der Waals surface area contributed by atoms with Crippen LogP contribution in [0.4, 0.5) is 0 Å². The molecule has 0 bridgehead atoms. The van der Waals surface area contributed by atoms with Crippen molar-refractivity contribution in [3.05, 3.63) is 48.7 Å². The topological polar surface area (TPSA) is 66.2 Å². The summed E-state index contributed by atoms with van der Waals surface area (Å²) in [5, 5.41) is 21.8. The molecule has 0 saturated heterocycles. The molecular formula is C27H36IrN2O2S. The Morgan fingerprint density at radius 2 is 1.73 bits per heavy atom. The molecule has 2 saturated carbocycles. The molecule has 2 heterocycles. The van der Waals surface area contributed by atoms with E-state index in [0.717, 1.165) is 41.9 Å². The second kappa shape index (κ2) is 12.0. The first-order valence-electron chi connectivity index (χ1n) is 12.2. The van der Waals surface area contributed by atoms with Crippen molar-refractivity contribution in [1.29, 1.82) is 0 Å². The van der Waals surface area contributed by atoms with Crippen molar-refractivity contribution in [3.8, 4) is 10.7 Å². The van der Waals surface area contributed by atoms with Gasteiger partial charge in [-0.1, -0.05) is 51.8 Å². The largest absolute Gasteiger partial charge is 0.392 e. The van der Waals surface area contributed by atoms with Gasteiger partial charge in [0, 0.05) is 32.2 Å². The molecule has 0 aliphatic heterocycles. The number of nitrogens with zero attached hydrogens (tertiary/aromatic N) is 2. The Kier molecular flexibility index (Phi) is 9.61. The molecule has 2 N–H and O–H groups in total. The van der Waals surface area contributed by atoms with E-state index in [2.05, 4.69) is 36.8 Å². The van der Waals surface area contributed by atoms with Crippen molar-refractivity contribution < 1.29 is 30.3 Å². The van der Waals surface area contributed by atoms with Gasteiger partial charge in [0.1, 0.15) is 5.01 Å². The minimum atomic E-state index is -0.275. The Morgan fingerprint density at radius 1 is 1.00 bits per heavy atom. The zero-order chi connectivity index (χ0) is 22.7. The number of aromatic nitrogens is 2. The summed E-state index contributed by atoms with van der Waals surface area (Å²) in [6.45, 7) is 6.57. The standard InChI is InChI=1S/C15H28O2.C12H8N2S.Ir/c1-4-10(5-2)12-8-11-7-6-9(3)14(16)13(11)15(12)17;1-2-7-11-9(5-1)14-12(15-11)10-6-3-4-8-13-10;/h9-17H,4-8H2,1-3H3;1-8H;/t9-,11?,12+,13?,14?,15?;;/m0../s1. The Balaban J connectivity index is 0.000000181. The fraction of sp³-hybridized carbons (Fsp3) is 0.556. The van der Waals surface area contributed by atoms with Crippen molar-refractivity contribution in [3.63, 3.8) is 0 Å². The van der Waals surface area contributed by atoms with E-state index in [-0.39, 0.29) is 38.2 Å². The average Bonchev–Trinajstić information content (AvgIpc) is 3.40. The summed E-state index contributed by atoms with van der Waals surface area (Å²) in [5.41, 5.74) is 1.99. The Labute approximate surface area is 215 Å². The summed E-state index contributed by atoms with van der Waals surface area (Å²) in [7, 11) is 0. The summed E-state index contributed by atoms with van der Waals surface area (Å²) in [5.74, 6) is 2.16. The van der Waals surface area contributed by atoms with Crippen molar-refractivity contribution in [2.24, 2.45) is 29.6 Å². The maximum atomic E-state index is 10.5. The molecule has 4 unspecified atom stereocenters. The molecule has 1 aromatic carbocycles. The van der Waals surface area contributed by atoms with Crippen LogP contribution in [0, 0.1) is 29.6 Å². The van der Waals surface area contributed by atoms with Gasteiger partial charge in [-0.2, -0.15) is 0 Å². The number of aliphatic hydroxyl groups excluding tert-OH is 2. The van der Waals surface area contributed by atoms with Gasteiger partial charge in [-0.15, -0.1) is 11.3 Å². The molecule has 4 nitrogen and oxygen atoms in total. The van der Waals surface area contributed by atoms with Crippen LogP contribution in [0.5, 0.6) is 0 Å². The minimum absolute atomic E-state index is 0. The Bertz CT molecular complexity index is 961. The summed E-state index contributed by atoms with van der Waals surface area (Å²) < 4.78 is 1.21. The van der Waals surface area contributed by atoms with Gasteiger partial charge in [-0.3, -0.25) is 4.98 Å². The third-order valence-corrected chi connectivity index (χ3v) is 8.81. The SMILES string of the molecule is CCC(CC)[C@H]1CC2CC[C@H](C)C(O)C2C1O.[Ir].c1ccc(-c2nc3ccccc3s2)nc1. The second-order valence-corrected chi connectivity index (χ2v) is 10.6. The molecule has 0 spiro atoms. The molecule has 181 valence electrons. The van der Waals surface area contributed by atoms with Crippen LogP contribution in [0.2, 0.25) is 0 Å². The van der Waals surface area contributed by atoms with Gasteiger partial charge >= 0.3 is 0 Å². The van der Waals surface area contributed by atoms with Crippen molar-refractivity contribution in [2.45, 2.75) is 65.1 Å². The zero-order valence-electron chi connectivity index (χ0n) is 19.7. The van der Waals surface area contributed by atoms with E-state index >= 15 is 0 Å². The molecule has 1 radical (unpaired) electrons. The van der Waals surface area contributed by atoms with E-state index in [1.54, 1.807) is 17.5 Å². The first-order valence-corrected chi connectivity index (χ1v) is 13.0. The minimum Gasteiger partial charge on any atom is -0.392 e. The molecule has 33 heavy (non-hydrogen) atoms. The van der Waals surface area contributed by atoms with Gasteiger partial charge in [0.2, 0.25) is 0 Å². The smallest absolute Gasteiger partial charge is 0.143 e. The summed E-state index contributed by atoms with van der Waals surface area (Å²) >= 11 is 1.68. The fourth-order valence-corrected chi connectivity index (χ4v) is 6.81. The number of aliphatic hydroxyl groups is 2. The number of fused-ring (bicyclic) bond motifs is 2. The van der Waals surface area contributed by atoms with Gasteiger partial charge in [0.15, 0.2) is 0 Å². The van der Waals surface area contributed by atoms with Crippen LogP contribution in [-0.2, 0) is 20.1 Å². The number of hydrogen-bond acceptors (Lipinski definition) is 5. The molecule has 3 aromatic rings. The predicted molar refractivity (Wildman–Crippen MR) is 132 cm³/mol. The first-order chi connectivity index (χ1) is 15.5. The molecule has 6 atom stereocenters. The van der Waals surface area contributed by atoms with E-state index in [1.165, 1.54) is 11.1 Å². The molecular weight excluding hydrogens is 609 g/mol. The van der Waals surface area contributed by atoms with Gasteiger partial charge in [-0.05, 0) is 67.2 Å². The Morgan fingerprint density at radius 3 is 2.39 bits per heavy atom. The number of para-hydroxylation sites is 1. The monoisotopic (exact) mass is 645 g/mol. The van der Waals surface area contributed by atoms with Crippen LogP contribution in [0.1, 0.15) is 52.9 Å². The van der Waals surface area contributed by atoms with Crippen LogP contribution in [-0.4, -0.2) is 32.4 Å². The number of benzene rings is 1. The number of thiazole rings is 1. The molecule has 2 aliphatic carbocycles. The molecule has 0 amide bonds. The van der Waals surface area contributed by atoms with Crippen molar-refractivity contribution >= 4 is 21.6 Å². The van der Waals surface area contributed by atoms with E-state index in [9.17, 15) is 10.2 Å². The fourth-order valence-electron chi connectivity index (χ4n) is 5.87. The number of pyridine rings is 1. The third-order valence-electron chi connectivity index (χ3n) is 7.75. The average molecular weight is 645 g/mol. The summed E-state index contributed by atoms with van der Waals surface area (Å²) in [6, 6.07) is 14.0. The van der Waals surface area contributed by atoms with Crippen molar-refractivity contribution in [2.75, 3.05) is 0 Å². The van der Waals surface area contributed by atoms with Crippen LogP contribution < -0.4 is 0 Å². The molecule has 6 heteroatoms. The quantitative estimate of drug-likeness (QED) is 0.356. The van der Waals surface area contributed by atoms with Gasteiger partial charge < -0.3 is 10.2 Å². The van der Waals surface area contributed by atoms with E-state index in [0.29, 0.717) is 23.7 Å². The van der Waals surface area contributed by atoms with E-state index in [4.69, 9.17) is 0 Å². The first kappa shape index (κ1) is 26.4. The van der Waals surface area contributed by atoms with Gasteiger partial charge in [0.05, 0.1) is 28.1 Å². The third kappa shape index (κ3) is 5.74. The van der Waals surface area contributed by atoms with E-state index < -0.39 is 0 Å². The normalized spacial score (nSPS) is 28.7. The van der Waals surface area contributed by atoms with Crippen LogP contribution in [0.3, 0.4) is 0 Å². The van der Waals surface area contributed by atoms with Crippen LogP contribution in [0.25, 0.3) is 20.9 Å². The van der Waals surface area contributed by atoms with Gasteiger partial charge in [0.25, 0.3) is 0 Å². The Hall–Kier alpha value is -1.17. The molecule has 2 aliphatic rings.